The second-order valence-corrected chi connectivity index (χ2v) is 5.81. The fourth-order valence-corrected chi connectivity index (χ4v) is 2.96. The van der Waals surface area contributed by atoms with Crippen molar-refractivity contribution in [2.45, 2.75) is 6.54 Å². The summed E-state index contributed by atoms with van der Waals surface area (Å²) >= 11 is 0. The summed E-state index contributed by atoms with van der Waals surface area (Å²) in [5.41, 5.74) is 5.91. The summed E-state index contributed by atoms with van der Waals surface area (Å²) in [5.74, 6) is -0.639. The highest BCUT2D eigenvalue weighted by Gasteiger charge is 2.24. The van der Waals surface area contributed by atoms with Crippen molar-refractivity contribution in [2.75, 3.05) is 31.0 Å². The standard InChI is InChI=1S/C11H16FN3O3S/c12-10-7-9(8-13)1-2-11(10)14-19(16,17)15-3-5-18-6-4-15/h1-2,7,14H,3-6,8,13H2. The van der Waals surface area contributed by atoms with E-state index in [0.717, 1.165) is 0 Å². The molecule has 0 radical (unpaired) electrons. The van der Waals surface area contributed by atoms with Gasteiger partial charge in [-0.25, -0.2) is 4.39 Å². The maximum Gasteiger partial charge on any atom is 0.301 e. The van der Waals surface area contributed by atoms with Crippen LogP contribution < -0.4 is 10.5 Å². The molecular formula is C11H16FN3O3S. The molecule has 1 fully saturated rings. The highest BCUT2D eigenvalue weighted by atomic mass is 32.2. The molecule has 6 nitrogen and oxygen atoms in total. The van der Waals surface area contributed by atoms with Gasteiger partial charge in [-0.1, -0.05) is 6.07 Å². The van der Waals surface area contributed by atoms with Crippen molar-refractivity contribution in [2.24, 2.45) is 5.73 Å². The molecule has 1 heterocycles. The van der Waals surface area contributed by atoms with Crippen LogP contribution in [-0.4, -0.2) is 39.0 Å². The minimum Gasteiger partial charge on any atom is -0.379 e. The van der Waals surface area contributed by atoms with E-state index in [1.807, 2.05) is 0 Å². The van der Waals surface area contributed by atoms with Crippen LogP contribution in [0.2, 0.25) is 0 Å². The van der Waals surface area contributed by atoms with Crippen molar-refractivity contribution in [3.05, 3.63) is 29.6 Å². The van der Waals surface area contributed by atoms with E-state index < -0.39 is 16.0 Å². The average Bonchev–Trinajstić information content (AvgIpc) is 2.42. The van der Waals surface area contributed by atoms with Gasteiger partial charge >= 0.3 is 10.2 Å². The molecule has 0 aliphatic carbocycles. The Kier molecular flexibility index (Phi) is 4.35. The zero-order valence-corrected chi connectivity index (χ0v) is 11.1. The van der Waals surface area contributed by atoms with Crippen LogP contribution in [0.15, 0.2) is 18.2 Å². The number of nitrogens with zero attached hydrogens (tertiary/aromatic N) is 1. The van der Waals surface area contributed by atoms with Crippen molar-refractivity contribution < 1.29 is 17.5 Å². The Labute approximate surface area is 111 Å². The van der Waals surface area contributed by atoms with Crippen LogP contribution in [0.4, 0.5) is 10.1 Å². The minimum atomic E-state index is -3.75. The molecule has 0 spiro atoms. The number of morpholine rings is 1. The Balaban J connectivity index is 2.15. The summed E-state index contributed by atoms with van der Waals surface area (Å²) in [6.45, 7) is 1.41. The molecule has 0 saturated carbocycles. The SMILES string of the molecule is NCc1ccc(NS(=O)(=O)N2CCOCC2)c(F)c1. The van der Waals surface area contributed by atoms with Crippen molar-refractivity contribution in [1.82, 2.24) is 4.31 Å². The summed E-state index contributed by atoms with van der Waals surface area (Å²) in [4.78, 5) is 0. The highest BCUT2D eigenvalue weighted by molar-refractivity contribution is 7.90. The van der Waals surface area contributed by atoms with Crippen LogP contribution in [0.5, 0.6) is 0 Å². The Hall–Kier alpha value is -1.22. The molecule has 8 heteroatoms. The number of hydrogen-bond donors (Lipinski definition) is 2. The number of hydrogen-bond acceptors (Lipinski definition) is 4. The molecule has 1 aliphatic heterocycles. The predicted molar refractivity (Wildman–Crippen MR) is 69.2 cm³/mol. The van der Waals surface area contributed by atoms with Gasteiger partial charge in [0.25, 0.3) is 0 Å². The Morgan fingerprint density at radius 1 is 1.37 bits per heavy atom. The normalized spacial score (nSPS) is 17.4. The van der Waals surface area contributed by atoms with Gasteiger partial charge in [-0.2, -0.15) is 12.7 Å². The first-order valence-electron chi connectivity index (χ1n) is 5.87. The first-order chi connectivity index (χ1) is 9.03. The zero-order chi connectivity index (χ0) is 13.9. The fraction of sp³-hybridized carbons (Fsp3) is 0.455. The molecule has 106 valence electrons. The highest BCUT2D eigenvalue weighted by Crippen LogP contribution is 2.18. The van der Waals surface area contributed by atoms with E-state index in [0.29, 0.717) is 18.8 Å². The van der Waals surface area contributed by atoms with Crippen LogP contribution in [-0.2, 0) is 21.5 Å². The number of ether oxygens (including phenoxy) is 1. The Bertz CT molecular complexity index is 544. The van der Waals surface area contributed by atoms with Crippen LogP contribution in [0.3, 0.4) is 0 Å². The van der Waals surface area contributed by atoms with Crippen LogP contribution in [0, 0.1) is 5.82 Å². The molecule has 1 saturated heterocycles. The second-order valence-electron chi connectivity index (χ2n) is 4.14. The summed E-state index contributed by atoms with van der Waals surface area (Å²) in [6, 6.07) is 4.17. The summed E-state index contributed by atoms with van der Waals surface area (Å²) in [7, 11) is -3.75. The molecule has 1 aromatic rings. The van der Waals surface area contributed by atoms with Crippen LogP contribution >= 0.6 is 0 Å². The van der Waals surface area contributed by atoms with Gasteiger partial charge in [-0.05, 0) is 17.7 Å². The smallest absolute Gasteiger partial charge is 0.301 e. The van der Waals surface area contributed by atoms with Crippen molar-refractivity contribution in [3.63, 3.8) is 0 Å². The monoisotopic (exact) mass is 289 g/mol. The lowest BCUT2D eigenvalue weighted by atomic mass is 10.2. The first-order valence-corrected chi connectivity index (χ1v) is 7.31. The van der Waals surface area contributed by atoms with Gasteiger partial charge in [0.05, 0.1) is 18.9 Å². The third kappa shape index (κ3) is 3.41. The van der Waals surface area contributed by atoms with E-state index in [1.165, 1.54) is 16.4 Å². The third-order valence-corrected chi connectivity index (χ3v) is 4.34. The van der Waals surface area contributed by atoms with Crippen molar-refractivity contribution >= 4 is 15.9 Å². The maximum atomic E-state index is 13.7. The number of nitrogens with one attached hydrogen (secondary N) is 1. The van der Waals surface area contributed by atoms with Crippen molar-refractivity contribution in [3.8, 4) is 0 Å². The van der Waals surface area contributed by atoms with E-state index in [9.17, 15) is 12.8 Å². The quantitative estimate of drug-likeness (QED) is 0.833. The van der Waals surface area contributed by atoms with Crippen molar-refractivity contribution in [1.29, 1.82) is 0 Å². The van der Waals surface area contributed by atoms with E-state index in [-0.39, 0.29) is 25.3 Å². The molecule has 1 aromatic carbocycles. The second kappa shape index (κ2) is 5.83. The molecule has 0 unspecified atom stereocenters. The number of anilines is 1. The van der Waals surface area contributed by atoms with Gasteiger partial charge in [-0.15, -0.1) is 0 Å². The van der Waals surface area contributed by atoms with E-state index >= 15 is 0 Å². The lowest BCUT2D eigenvalue weighted by Crippen LogP contribution is -2.43. The number of halogens is 1. The van der Waals surface area contributed by atoms with E-state index in [2.05, 4.69) is 4.72 Å². The molecule has 0 amide bonds. The lowest BCUT2D eigenvalue weighted by Gasteiger charge is -2.26. The fourth-order valence-electron chi connectivity index (χ4n) is 1.76. The average molecular weight is 289 g/mol. The minimum absolute atomic E-state index is 0.0799. The van der Waals surface area contributed by atoms with Gasteiger partial charge in [0.2, 0.25) is 0 Å². The van der Waals surface area contributed by atoms with Crippen LogP contribution in [0.1, 0.15) is 5.56 Å². The molecule has 1 aliphatic rings. The number of rotatable bonds is 4. The van der Waals surface area contributed by atoms with Gasteiger partial charge in [0, 0.05) is 19.6 Å². The third-order valence-electron chi connectivity index (χ3n) is 2.82. The summed E-state index contributed by atoms with van der Waals surface area (Å²) in [6.07, 6.45) is 0. The predicted octanol–water partition coefficient (Wildman–Crippen LogP) is 0.273. The van der Waals surface area contributed by atoms with Gasteiger partial charge in [0.15, 0.2) is 0 Å². The molecule has 0 bridgehead atoms. The largest absolute Gasteiger partial charge is 0.379 e. The molecule has 0 atom stereocenters. The maximum absolute atomic E-state index is 13.7. The molecule has 2 rings (SSSR count). The van der Waals surface area contributed by atoms with Crippen LogP contribution in [0.25, 0.3) is 0 Å². The number of nitrogens with two attached hydrogens (primary N) is 1. The van der Waals surface area contributed by atoms with Gasteiger partial charge < -0.3 is 10.5 Å². The lowest BCUT2D eigenvalue weighted by molar-refractivity contribution is 0.0733. The van der Waals surface area contributed by atoms with E-state index in [1.54, 1.807) is 6.07 Å². The topological polar surface area (TPSA) is 84.7 Å². The molecule has 3 N–H and O–H groups in total. The first kappa shape index (κ1) is 14.2. The summed E-state index contributed by atoms with van der Waals surface area (Å²) < 4.78 is 46.3. The molecular weight excluding hydrogens is 273 g/mol. The summed E-state index contributed by atoms with van der Waals surface area (Å²) in [5, 5.41) is 0. The molecule has 19 heavy (non-hydrogen) atoms. The zero-order valence-electron chi connectivity index (χ0n) is 10.3. The van der Waals surface area contributed by atoms with Gasteiger partial charge in [0.1, 0.15) is 5.82 Å². The van der Waals surface area contributed by atoms with E-state index in [4.69, 9.17) is 10.5 Å². The molecule has 0 aromatic heterocycles. The Morgan fingerprint density at radius 2 is 2.05 bits per heavy atom. The number of benzene rings is 1. The van der Waals surface area contributed by atoms with Gasteiger partial charge in [-0.3, -0.25) is 4.72 Å². The Morgan fingerprint density at radius 3 is 2.63 bits per heavy atom.